The fourth-order valence-electron chi connectivity index (χ4n) is 4.06. The molecule has 2 aromatic heterocycles. The number of aliphatic hydroxyl groups excluding tert-OH is 1. The van der Waals surface area contributed by atoms with Crippen molar-refractivity contribution in [2.24, 2.45) is 0 Å². The third-order valence-electron chi connectivity index (χ3n) is 5.26. The first kappa shape index (κ1) is 16.0. The summed E-state index contributed by atoms with van der Waals surface area (Å²) in [6.07, 6.45) is 5.63. The minimum absolute atomic E-state index is 0.144. The molecule has 0 spiro atoms. The van der Waals surface area contributed by atoms with Gasteiger partial charge in [0.2, 0.25) is 0 Å². The fraction of sp³-hybridized carbons (Fsp3) is 0.130. The van der Waals surface area contributed by atoms with Crippen LogP contribution in [-0.4, -0.2) is 25.7 Å². The van der Waals surface area contributed by atoms with E-state index < -0.39 is 6.10 Å². The summed E-state index contributed by atoms with van der Waals surface area (Å²) in [5, 5.41) is 10.9. The van der Waals surface area contributed by atoms with Crippen LogP contribution < -0.4 is 0 Å². The van der Waals surface area contributed by atoms with Crippen LogP contribution in [0.5, 0.6) is 0 Å². The second kappa shape index (κ2) is 6.49. The van der Waals surface area contributed by atoms with Crippen LogP contribution >= 0.6 is 0 Å². The van der Waals surface area contributed by atoms with Crippen LogP contribution in [0.4, 0.5) is 0 Å². The molecule has 2 atom stereocenters. The maximum atomic E-state index is 10.9. The van der Waals surface area contributed by atoms with E-state index >= 15 is 0 Å². The molecule has 4 heteroatoms. The monoisotopic (exact) mass is 353 g/mol. The highest BCUT2D eigenvalue weighted by Gasteiger charge is 2.34. The SMILES string of the molecule is O[C@@H]1Cc2ccccc2[C@@H]1n1cnc(-c2ccccc2)c1-c1ccncc1. The Balaban J connectivity index is 1.74. The van der Waals surface area contributed by atoms with E-state index in [9.17, 15) is 5.11 Å². The lowest BCUT2D eigenvalue weighted by Gasteiger charge is -2.21. The first-order valence-corrected chi connectivity index (χ1v) is 9.11. The van der Waals surface area contributed by atoms with Crippen LogP contribution in [0.25, 0.3) is 22.5 Å². The van der Waals surface area contributed by atoms with Gasteiger partial charge in [-0.1, -0.05) is 54.6 Å². The van der Waals surface area contributed by atoms with E-state index in [1.807, 2.05) is 48.8 Å². The fourth-order valence-corrected chi connectivity index (χ4v) is 4.06. The number of imidazole rings is 1. The molecule has 132 valence electrons. The summed E-state index contributed by atoms with van der Waals surface area (Å²) in [6, 6.07) is 22.3. The van der Waals surface area contributed by atoms with E-state index in [4.69, 9.17) is 4.98 Å². The Bertz CT molecular complexity index is 1070. The maximum absolute atomic E-state index is 10.9. The third kappa shape index (κ3) is 2.66. The van der Waals surface area contributed by atoms with Gasteiger partial charge in [-0.25, -0.2) is 4.98 Å². The average Bonchev–Trinajstić information content (AvgIpc) is 3.29. The summed E-state index contributed by atoms with van der Waals surface area (Å²) < 4.78 is 2.12. The van der Waals surface area contributed by atoms with Crippen LogP contribution in [-0.2, 0) is 6.42 Å². The van der Waals surface area contributed by atoms with Gasteiger partial charge in [-0.3, -0.25) is 4.98 Å². The lowest BCUT2D eigenvalue weighted by Crippen LogP contribution is -2.21. The minimum atomic E-state index is -0.471. The van der Waals surface area contributed by atoms with Gasteiger partial charge in [0.05, 0.1) is 29.9 Å². The molecule has 2 heterocycles. The number of rotatable bonds is 3. The van der Waals surface area contributed by atoms with Crippen molar-refractivity contribution in [1.29, 1.82) is 0 Å². The lowest BCUT2D eigenvalue weighted by atomic mass is 10.0. The summed E-state index contributed by atoms with van der Waals surface area (Å²) in [5.41, 5.74) is 6.38. The Morgan fingerprint density at radius 3 is 2.41 bits per heavy atom. The molecule has 4 aromatic rings. The number of hydrogen-bond acceptors (Lipinski definition) is 3. The topological polar surface area (TPSA) is 50.9 Å². The highest BCUT2D eigenvalue weighted by molar-refractivity contribution is 5.78. The van der Waals surface area contributed by atoms with Gasteiger partial charge in [0.15, 0.2) is 0 Å². The van der Waals surface area contributed by atoms with Gasteiger partial charge in [0.25, 0.3) is 0 Å². The van der Waals surface area contributed by atoms with Gasteiger partial charge in [-0.2, -0.15) is 0 Å². The lowest BCUT2D eigenvalue weighted by molar-refractivity contribution is 0.145. The number of pyridine rings is 1. The first-order chi connectivity index (χ1) is 13.3. The molecule has 4 nitrogen and oxygen atoms in total. The van der Waals surface area contributed by atoms with Crippen molar-refractivity contribution in [3.8, 4) is 22.5 Å². The van der Waals surface area contributed by atoms with Crippen LogP contribution in [0.2, 0.25) is 0 Å². The third-order valence-corrected chi connectivity index (χ3v) is 5.26. The Morgan fingerprint density at radius 1 is 0.852 bits per heavy atom. The summed E-state index contributed by atoms with van der Waals surface area (Å²) in [7, 11) is 0. The molecule has 0 saturated carbocycles. The van der Waals surface area contributed by atoms with Crippen molar-refractivity contribution in [1.82, 2.24) is 14.5 Å². The summed E-state index contributed by atoms with van der Waals surface area (Å²) in [6.45, 7) is 0. The molecule has 0 amide bonds. The van der Waals surface area contributed by atoms with Crippen LogP contribution in [0.15, 0.2) is 85.5 Å². The molecule has 0 aliphatic heterocycles. The second-order valence-corrected chi connectivity index (χ2v) is 6.87. The normalized spacial score (nSPS) is 18.4. The molecule has 1 N–H and O–H groups in total. The van der Waals surface area contributed by atoms with E-state index in [1.165, 1.54) is 5.56 Å². The van der Waals surface area contributed by atoms with E-state index in [1.54, 1.807) is 12.4 Å². The Morgan fingerprint density at radius 2 is 1.59 bits per heavy atom. The van der Waals surface area contributed by atoms with Crippen molar-refractivity contribution < 1.29 is 5.11 Å². The van der Waals surface area contributed by atoms with E-state index in [0.717, 1.165) is 28.1 Å². The van der Waals surface area contributed by atoms with E-state index in [-0.39, 0.29) is 6.04 Å². The van der Waals surface area contributed by atoms with Gasteiger partial charge < -0.3 is 9.67 Å². The number of aromatic nitrogens is 3. The van der Waals surface area contributed by atoms with Gasteiger partial charge >= 0.3 is 0 Å². The molecule has 0 radical (unpaired) electrons. The molecule has 1 aliphatic carbocycles. The quantitative estimate of drug-likeness (QED) is 0.603. The molecule has 0 bridgehead atoms. The predicted molar refractivity (Wildman–Crippen MR) is 105 cm³/mol. The zero-order valence-electron chi connectivity index (χ0n) is 14.7. The Hall–Kier alpha value is -3.24. The van der Waals surface area contributed by atoms with Gasteiger partial charge in [0, 0.05) is 29.9 Å². The van der Waals surface area contributed by atoms with Crippen molar-refractivity contribution in [2.45, 2.75) is 18.6 Å². The van der Waals surface area contributed by atoms with Crippen LogP contribution in [0.1, 0.15) is 17.2 Å². The van der Waals surface area contributed by atoms with Gasteiger partial charge in [-0.15, -0.1) is 0 Å². The van der Waals surface area contributed by atoms with Crippen molar-refractivity contribution in [3.63, 3.8) is 0 Å². The second-order valence-electron chi connectivity index (χ2n) is 6.87. The molecule has 5 rings (SSSR count). The Labute approximate surface area is 157 Å². The molecule has 0 unspecified atom stereocenters. The van der Waals surface area contributed by atoms with Crippen molar-refractivity contribution in [3.05, 3.63) is 96.6 Å². The summed E-state index contributed by atoms with van der Waals surface area (Å²) in [5.74, 6) is 0. The van der Waals surface area contributed by atoms with Crippen LogP contribution in [0, 0.1) is 0 Å². The maximum Gasteiger partial charge on any atom is 0.0965 e. The number of benzene rings is 2. The van der Waals surface area contributed by atoms with Crippen molar-refractivity contribution in [2.75, 3.05) is 0 Å². The van der Waals surface area contributed by atoms with E-state index in [2.05, 4.69) is 33.8 Å². The highest BCUT2D eigenvalue weighted by atomic mass is 16.3. The molecule has 0 saturated heterocycles. The smallest absolute Gasteiger partial charge is 0.0965 e. The number of nitrogens with zero attached hydrogens (tertiary/aromatic N) is 3. The number of fused-ring (bicyclic) bond motifs is 1. The molecule has 1 aliphatic rings. The van der Waals surface area contributed by atoms with Gasteiger partial charge in [0.1, 0.15) is 0 Å². The summed E-state index contributed by atoms with van der Waals surface area (Å²) in [4.78, 5) is 8.90. The van der Waals surface area contributed by atoms with Crippen molar-refractivity contribution >= 4 is 0 Å². The average molecular weight is 353 g/mol. The predicted octanol–water partition coefficient (Wildman–Crippen LogP) is 4.12. The summed E-state index contributed by atoms with van der Waals surface area (Å²) >= 11 is 0. The molecule has 2 aromatic carbocycles. The van der Waals surface area contributed by atoms with E-state index in [0.29, 0.717) is 6.42 Å². The zero-order valence-corrected chi connectivity index (χ0v) is 14.7. The largest absolute Gasteiger partial charge is 0.390 e. The number of aliphatic hydroxyl groups is 1. The molecule has 0 fully saturated rings. The molecular formula is C23H19N3O. The molecular weight excluding hydrogens is 334 g/mol. The number of hydrogen-bond donors (Lipinski definition) is 1. The first-order valence-electron chi connectivity index (χ1n) is 9.11. The van der Waals surface area contributed by atoms with Gasteiger partial charge in [-0.05, 0) is 23.3 Å². The standard InChI is InChI=1S/C23H19N3O/c27-20-14-18-8-4-5-9-19(18)23(20)26-15-25-21(16-6-2-1-3-7-16)22(26)17-10-12-24-13-11-17/h1-13,15,20,23,27H,14H2/t20-,23+/m1/s1. The minimum Gasteiger partial charge on any atom is -0.390 e. The molecule has 27 heavy (non-hydrogen) atoms. The van der Waals surface area contributed by atoms with Crippen LogP contribution in [0.3, 0.4) is 0 Å². The zero-order chi connectivity index (χ0) is 18.2. The Kier molecular flexibility index (Phi) is 3.84. The highest BCUT2D eigenvalue weighted by Crippen LogP contribution is 2.40.